The Hall–Kier alpha value is -1.93. The fraction of sp³-hybridized carbons (Fsp3) is 0.529. The molecule has 7 nitrogen and oxygen atoms in total. The first-order chi connectivity index (χ1) is 11.6. The van der Waals surface area contributed by atoms with Gasteiger partial charge in [0.1, 0.15) is 6.04 Å². The van der Waals surface area contributed by atoms with Crippen LogP contribution in [0, 0.1) is 6.92 Å². The predicted octanol–water partition coefficient (Wildman–Crippen LogP) is 1.76. The second kappa shape index (κ2) is 7.53. The highest BCUT2D eigenvalue weighted by atomic mass is 32.2. The number of piperidine rings is 1. The van der Waals surface area contributed by atoms with Crippen LogP contribution in [0.1, 0.15) is 49.0 Å². The minimum Gasteiger partial charge on any atom is -0.480 e. The summed E-state index contributed by atoms with van der Waals surface area (Å²) in [5, 5.41) is 11.3. The molecule has 0 spiro atoms. The van der Waals surface area contributed by atoms with E-state index in [1.165, 1.54) is 23.4 Å². The summed E-state index contributed by atoms with van der Waals surface area (Å²) in [6, 6.07) is 3.25. The number of nitrogens with one attached hydrogen (secondary N) is 1. The Morgan fingerprint density at radius 2 is 2.00 bits per heavy atom. The van der Waals surface area contributed by atoms with Crippen molar-refractivity contribution < 1.29 is 23.1 Å². The lowest BCUT2D eigenvalue weighted by atomic mass is 10.1. The molecule has 0 radical (unpaired) electrons. The number of aryl methyl sites for hydroxylation is 1. The van der Waals surface area contributed by atoms with Gasteiger partial charge in [0, 0.05) is 18.2 Å². The number of sulfonamides is 1. The molecule has 1 amide bonds. The summed E-state index contributed by atoms with van der Waals surface area (Å²) in [6.45, 7) is 5.38. The first kappa shape index (κ1) is 19.4. The van der Waals surface area contributed by atoms with Crippen LogP contribution in [0.4, 0.5) is 0 Å². The van der Waals surface area contributed by atoms with Crippen LogP contribution in [-0.4, -0.2) is 48.3 Å². The molecule has 0 aromatic heterocycles. The highest BCUT2D eigenvalue weighted by Gasteiger charge is 2.31. The van der Waals surface area contributed by atoms with Crippen LogP contribution >= 0.6 is 0 Å². The van der Waals surface area contributed by atoms with Gasteiger partial charge in [-0.05, 0) is 51.3 Å². The van der Waals surface area contributed by atoms with Crippen LogP contribution < -0.4 is 5.32 Å². The molecule has 1 fully saturated rings. The maximum absolute atomic E-state index is 12.9. The molecule has 0 bridgehead atoms. The van der Waals surface area contributed by atoms with E-state index in [9.17, 15) is 18.0 Å². The molecule has 1 aliphatic heterocycles. The number of carbonyl (C=O) groups excluding carboxylic acids is 1. The number of carboxylic acids is 1. The second-order valence-electron chi connectivity index (χ2n) is 6.47. The molecular weight excluding hydrogens is 344 g/mol. The van der Waals surface area contributed by atoms with Crippen molar-refractivity contribution in [2.75, 3.05) is 6.54 Å². The zero-order chi connectivity index (χ0) is 18.8. The first-order valence-electron chi connectivity index (χ1n) is 8.30. The minimum absolute atomic E-state index is 0.0555. The molecule has 2 rings (SSSR count). The molecule has 0 aliphatic carbocycles. The lowest BCUT2D eigenvalue weighted by Gasteiger charge is -2.32. The molecule has 1 saturated heterocycles. The van der Waals surface area contributed by atoms with Crippen LogP contribution in [0.15, 0.2) is 23.1 Å². The molecule has 1 aromatic carbocycles. The Bertz CT molecular complexity index is 775. The van der Waals surface area contributed by atoms with E-state index in [4.69, 9.17) is 5.11 Å². The van der Waals surface area contributed by atoms with Crippen molar-refractivity contribution in [3.05, 3.63) is 29.3 Å². The zero-order valence-corrected chi connectivity index (χ0v) is 15.5. The lowest BCUT2D eigenvalue weighted by molar-refractivity contribution is -0.138. The minimum atomic E-state index is -3.69. The largest absolute Gasteiger partial charge is 0.480 e. The van der Waals surface area contributed by atoms with E-state index in [0.717, 1.165) is 19.3 Å². The summed E-state index contributed by atoms with van der Waals surface area (Å²) in [5.41, 5.74) is 0.750. The molecule has 1 aromatic rings. The number of rotatable bonds is 5. The van der Waals surface area contributed by atoms with Gasteiger partial charge in [0.15, 0.2) is 0 Å². The Kier molecular flexibility index (Phi) is 5.84. The Balaban J connectivity index is 2.34. The number of amides is 1. The third-order valence-corrected chi connectivity index (χ3v) is 6.53. The summed E-state index contributed by atoms with van der Waals surface area (Å²) in [4.78, 5) is 23.3. The van der Waals surface area contributed by atoms with Gasteiger partial charge in [-0.15, -0.1) is 0 Å². The molecule has 1 aliphatic rings. The van der Waals surface area contributed by atoms with Crippen molar-refractivity contribution in [1.29, 1.82) is 0 Å². The van der Waals surface area contributed by atoms with Gasteiger partial charge in [-0.2, -0.15) is 4.31 Å². The van der Waals surface area contributed by atoms with Gasteiger partial charge in [0.25, 0.3) is 5.91 Å². The maximum Gasteiger partial charge on any atom is 0.325 e. The van der Waals surface area contributed by atoms with Crippen molar-refractivity contribution >= 4 is 21.9 Å². The summed E-state index contributed by atoms with van der Waals surface area (Å²) < 4.78 is 27.3. The predicted molar refractivity (Wildman–Crippen MR) is 92.9 cm³/mol. The van der Waals surface area contributed by atoms with E-state index in [1.54, 1.807) is 13.0 Å². The summed E-state index contributed by atoms with van der Waals surface area (Å²) >= 11 is 0. The molecular formula is C17H24N2O5S. The van der Waals surface area contributed by atoms with E-state index in [0.29, 0.717) is 12.1 Å². The Morgan fingerprint density at radius 1 is 1.32 bits per heavy atom. The van der Waals surface area contributed by atoms with Crippen LogP contribution in [0.3, 0.4) is 0 Å². The third kappa shape index (κ3) is 4.19. The third-order valence-electron chi connectivity index (χ3n) is 4.52. The average Bonchev–Trinajstić information content (AvgIpc) is 2.54. The van der Waals surface area contributed by atoms with Crippen LogP contribution in [0.25, 0.3) is 0 Å². The SMILES string of the molecule is Cc1ccc(S(=O)(=O)N2CCCCC2C)cc1C(=O)N[C@@H](C)C(=O)O. The van der Waals surface area contributed by atoms with Gasteiger partial charge >= 0.3 is 5.97 Å². The summed E-state index contributed by atoms with van der Waals surface area (Å²) in [6.07, 6.45) is 2.63. The van der Waals surface area contributed by atoms with Gasteiger partial charge in [-0.1, -0.05) is 12.5 Å². The van der Waals surface area contributed by atoms with Crippen molar-refractivity contribution in [2.24, 2.45) is 0 Å². The van der Waals surface area contributed by atoms with Crippen molar-refractivity contribution in [3.63, 3.8) is 0 Å². The van der Waals surface area contributed by atoms with Crippen molar-refractivity contribution in [2.45, 2.75) is 57.0 Å². The monoisotopic (exact) mass is 368 g/mol. The first-order valence-corrected chi connectivity index (χ1v) is 9.74. The van der Waals surface area contributed by atoms with Crippen LogP contribution in [-0.2, 0) is 14.8 Å². The molecule has 0 saturated carbocycles. The van der Waals surface area contributed by atoms with Gasteiger partial charge in [-0.3, -0.25) is 9.59 Å². The van der Waals surface area contributed by atoms with E-state index in [2.05, 4.69) is 5.32 Å². The highest BCUT2D eigenvalue weighted by molar-refractivity contribution is 7.89. The summed E-state index contributed by atoms with van der Waals surface area (Å²) in [5.74, 6) is -1.76. The second-order valence-corrected chi connectivity index (χ2v) is 8.36. The molecule has 1 heterocycles. The van der Waals surface area contributed by atoms with E-state index < -0.39 is 27.9 Å². The smallest absolute Gasteiger partial charge is 0.325 e. The molecule has 1 unspecified atom stereocenters. The fourth-order valence-corrected chi connectivity index (χ4v) is 4.63. The van der Waals surface area contributed by atoms with Gasteiger partial charge in [-0.25, -0.2) is 8.42 Å². The molecule has 2 atom stereocenters. The van der Waals surface area contributed by atoms with Crippen LogP contribution in [0.2, 0.25) is 0 Å². The van der Waals surface area contributed by atoms with E-state index in [1.807, 2.05) is 6.92 Å². The Labute approximate surface area is 148 Å². The number of carbonyl (C=O) groups is 2. The molecule has 8 heteroatoms. The fourth-order valence-electron chi connectivity index (χ4n) is 2.91. The van der Waals surface area contributed by atoms with Crippen molar-refractivity contribution in [1.82, 2.24) is 9.62 Å². The van der Waals surface area contributed by atoms with Crippen molar-refractivity contribution in [3.8, 4) is 0 Å². The summed E-state index contributed by atoms with van der Waals surface area (Å²) in [7, 11) is -3.69. The Morgan fingerprint density at radius 3 is 2.60 bits per heavy atom. The molecule has 2 N–H and O–H groups in total. The number of hydrogen-bond acceptors (Lipinski definition) is 4. The lowest BCUT2D eigenvalue weighted by Crippen LogP contribution is -2.42. The van der Waals surface area contributed by atoms with Gasteiger partial charge in [0.2, 0.25) is 10.0 Å². The number of aliphatic carboxylic acids is 1. The zero-order valence-electron chi connectivity index (χ0n) is 14.7. The highest BCUT2D eigenvalue weighted by Crippen LogP contribution is 2.26. The maximum atomic E-state index is 12.9. The normalized spacial score (nSPS) is 20.0. The number of nitrogens with zero attached hydrogens (tertiary/aromatic N) is 1. The van der Waals surface area contributed by atoms with Crippen LogP contribution in [0.5, 0.6) is 0 Å². The quantitative estimate of drug-likeness (QED) is 0.824. The number of hydrogen-bond donors (Lipinski definition) is 2. The van der Waals surface area contributed by atoms with Gasteiger partial charge in [0.05, 0.1) is 4.90 Å². The van der Waals surface area contributed by atoms with Gasteiger partial charge < -0.3 is 10.4 Å². The molecule has 25 heavy (non-hydrogen) atoms. The molecule has 138 valence electrons. The number of benzene rings is 1. The number of carboxylic acid groups (broad SMARTS) is 1. The topological polar surface area (TPSA) is 104 Å². The average molecular weight is 368 g/mol. The standard InChI is InChI=1S/C17H24N2O5S/c1-11-7-8-14(10-15(11)16(20)18-13(3)17(21)22)25(23,24)19-9-5-4-6-12(19)2/h7-8,10,12-13H,4-6,9H2,1-3H3,(H,18,20)(H,21,22)/t12?,13-/m0/s1. The van der Waals surface area contributed by atoms with E-state index in [-0.39, 0.29) is 16.5 Å². The van der Waals surface area contributed by atoms with E-state index >= 15 is 0 Å².